The van der Waals surface area contributed by atoms with Gasteiger partial charge in [-0.3, -0.25) is 0 Å². The van der Waals surface area contributed by atoms with E-state index in [1.807, 2.05) is 0 Å². The monoisotopic (exact) mass is 245 g/mol. The van der Waals surface area contributed by atoms with Crippen LogP contribution in [0.4, 0.5) is 0 Å². The average Bonchev–Trinajstić information content (AvgIpc) is 2.34. The number of aryl methyl sites for hydroxylation is 1. The minimum Gasteiger partial charge on any atom is -0.319 e. The van der Waals surface area contributed by atoms with Crippen molar-refractivity contribution in [3.63, 3.8) is 0 Å². The summed E-state index contributed by atoms with van der Waals surface area (Å²) in [6.07, 6.45) is 5.33. The predicted octanol–water partition coefficient (Wildman–Crippen LogP) is 4.05. The van der Waals surface area contributed by atoms with Crippen molar-refractivity contribution in [2.24, 2.45) is 5.41 Å². The Morgan fingerprint density at radius 1 is 1.11 bits per heavy atom. The van der Waals surface area contributed by atoms with E-state index in [0.717, 1.165) is 6.54 Å². The molecule has 0 bridgehead atoms. The molecule has 1 N–H and O–H groups in total. The van der Waals surface area contributed by atoms with Crippen molar-refractivity contribution in [1.29, 1.82) is 0 Å². The molecule has 1 aromatic carbocycles. The highest BCUT2D eigenvalue weighted by atomic mass is 14.8. The number of likely N-dealkylation sites (N-methyl/N-ethyl adjacent to an activating group) is 1. The average molecular weight is 245 g/mol. The molecule has 1 aliphatic carbocycles. The van der Waals surface area contributed by atoms with Gasteiger partial charge in [0.25, 0.3) is 0 Å². The van der Waals surface area contributed by atoms with Crippen LogP contribution in [0.1, 0.15) is 50.7 Å². The first-order valence-corrected chi connectivity index (χ1v) is 7.32. The van der Waals surface area contributed by atoms with Crippen LogP contribution < -0.4 is 5.32 Å². The Bertz CT molecular complexity index is 396. The van der Waals surface area contributed by atoms with Crippen LogP contribution in [-0.4, -0.2) is 13.6 Å². The molecule has 0 atom stereocenters. The van der Waals surface area contributed by atoms with Gasteiger partial charge in [-0.2, -0.15) is 0 Å². The van der Waals surface area contributed by atoms with Crippen molar-refractivity contribution in [3.8, 4) is 0 Å². The summed E-state index contributed by atoms with van der Waals surface area (Å²) in [5.41, 5.74) is 4.00. The van der Waals surface area contributed by atoms with E-state index >= 15 is 0 Å². The third kappa shape index (κ3) is 2.09. The van der Waals surface area contributed by atoms with Crippen LogP contribution in [0, 0.1) is 12.3 Å². The summed E-state index contributed by atoms with van der Waals surface area (Å²) in [5, 5.41) is 3.42. The van der Waals surface area contributed by atoms with Crippen molar-refractivity contribution in [1.82, 2.24) is 5.32 Å². The van der Waals surface area contributed by atoms with Gasteiger partial charge in [-0.25, -0.2) is 0 Å². The number of hydrogen-bond donors (Lipinski definition) is 1. The standard InChI is InChI=1S/C17H27N/c1-5-16(6-2)11-17(12-16,13-18-4)15-10-8-7-9-14(15)3/h7-10,18H,5-6,11-13H2,1-4H3. The van der Waals surface area contributed by atoms with Crippen molar-refractivity contribution in [3.05, 3.63) is 35.4 Å². The van der Waals surface area contributed by atoms with Crippen molar-refractivity contribution >= 4 is 0 Å². The smallest absolute Gasteiger partial charge is 0.00908 e. The lowest BCUT2D eigenvalue weighted by Crippen LogP contribution is -2.54. The van der Waals surface area contributed by atoms with Crippen LogP contribution in [0.15, 0.2) is 24.3 Å². The SMILES string of the molecule is CCC1(CC)CC(CNC)(c2ccccc2C)C1. The highest BCUT2D eigenvalue weighted by Gasteiger charge is 2.53. The predicted molar refractivity (Wildman–Crippen MR) is 79.0 cm³/mol. The maximum Gasteiger partial charge on any atom is 0.00908 e. The zero-order valence-electron chi connectivity index (χ0n) is 12.3. The molecule has 2 rings (SSSR count). The number of rotatable bonds is 5. The Morgan fingerprint density at radius 3 is 2.22 bits per heavy atom. The van der Waals surface area contributed by atoms with E-state index in [0.29, 0.717) is 10.8 Å². The van der Waals surface area contributed by atoms with Crippen LogP contribution in [0.25, 0.3) is 0 Å². The van der Waals surface area contributed by atoms with Gasteiger partial charge in [0, 0.05) is 12.0 Å². The molecule has 0 saturated heterocycles. The van der Waals surface area contributed by atoms with Crippen LogP contribution in [0.3, 0.4) is 0 Å². The van der Waals surface area contributed by atoms with Gasteiger partial charge in [0.05, 0.1) is 0 Å². The van der Waals surface area contributed by atoms with E-state index < -0.39 is 0 Å². The minimum absolute atomic E-state index is 0.381. The maximum atomic E-state index is 3.42. The van der Waals surface area contributed by atoms with Gasteiger partial charge in [0.1, 0.15) is 0 Å². The van der Waals surface area contributed by atoms with Crippen LogP contribution in [-0.2, 0) is 5.41 Å². The van der Waals surface area contributed by atoms with Crippen molar-refractivity contribution < 1.29 is 0 Å². The van der Waals surface area contributed by atoms with E-state index in [-0.39, 0.29) is 0 Å². The van der Waals surface area contributed by atoms with Gasteiger partial charge in [0.15, 0.2) is 0 Å². The van der Waals surface area contributed by atoms with Crippen molar-refractivity contribution in [2.75, 3.05) is 13.6 Å². The molecule has 0 unspecified atom stereocenters. The Morgan fingerprint density at radius 2 is 1.72 bits per heavy atom. The fourth-order valence-electron chi connectivity index (χ4n) is 4.05. The second kappa shape index (κ2) is 5.05. The number of benzene rings is 1. The molecule has 100 valence electrons. The molecule has 0 aliphatic heterocycles. The number of hydrogen-bond acceptors (Lipinski definition) is 1. The summed E-state index contributed by atoms with van der Waals surface area (Å²) in [7, 11) is 2.08. The minimum atomic E-state index is 0.381. The summed E-state index contributed by atoms with van der Waals surface area (Å²) >= 11 is 0. The molecule has 1 saturated carbocycles. The molecule has 0 radical (unpaired) electrons. The topological polar surface area (TPSA) is 12.0 Å². The fraction of sp³-hybridized carbons (Fsp3) is 0.647. The van der Waals surface area contributed by atoms with Crippen molar-refractivity contribution in [2.45, 2.75) is 51.9 Å². The molecular formula is C17H27N. The summed E-state index contributed by atoms with van der Waals surface area (Å²) in [5.74, 6) is 0. The molecular weight excluding hydrogens is 218 g/mol. The Kier molecular flexibility index (Phi) is 3.82. The highest BCUT2D eigenvalue weighted by molar-refractivity contribution is 5.37. The largest absolute Gasteiger partial charge is 0.319 e. The van der Waals surface area contributed by atoms with Gasteiger partial charge in [-0.05, 0) is 43.4 Å². The molecule has 1 fully saturated rings. The molecule has 0 amide bonds. The molecule has 0 heterocycles. The van der Waals surface area contributed by atoms with E-state index in [1.54, 1.807) is 5.56 Å². The zero-order chi connectivity index (χ0) is 13.2. The van der Waals surface area contributed by atoms with Crippen LogP contribution in [0.5, 0.6) is 0 Å². The maximum absolute atomic E-state index is 3.42. The molecule has 1 heteroatoms. The third-order valence-corrected chi connectivity index (χ3v) is 5.16. The normalized spacial score (nSPS) is 20.4. The molecule has 0 spiro atoms. The number of nitrogens with one attached hydrogen (secondary N) is 1. The van der Waals surface area contributed by atoms with Gasteiger partial charge in [-0.15, -0.1) is 0 Å². The van der Waals surface area contributed by atoms with E-state index in [9.17, 15) is 0 Å². The Labute approximate surface area is 112 Å². The summed E-state index contributed by atoms with van der Waals surface area (Å²) < 4.78 is 0. The van der Waals surface area contributed by atoms with Gasteiger partial charge < -0.3 is 5.32 Å². The second-order valence-electron chi connectivity index (χ2n) is 6.19. The Hall–Kier alpha value is -0.820. The molecule has 0 aromatic heterocycles. The van der Waals surface area contributed by atoms with Gasteiger partial charge in [-0.1, -0.05) is 51.0 Å². The summed E-state index contributed by atoms with van der Waals surface area (Å²) in [6.45, 7) is 8.07. The lowest BCUT2D eigenvalue weighted by Gasteiger charge is -2.57. The first kappa shape index (κ1) is 13.6. The fourth-order valence-corrected chi connectivity index (χ4v) is 4.05. The highest BCUT2D eigenvalue weighted by Crippen LogP contribution is 2.59. The van der Waals surface area contributed by atoms with E-state index in [1.165, 1.54) is 31.2 Å². The summed E-state index contributed by atoms with van der Waals surface area (Å²) in [6, 6.07) is 8.93. The molecule has 1 aromatic rings. The third-order valence-electron chi connectivity index (χ3n) is 5.16. The molecule has 1 nitrogen and oxygen atoms in total. The molecule has 18 heavy (non-hydrogen) atoms. The van der Waals surface area contributed by atoms with Gasteiger partial charge in [0.2, 0.25) is 0 Å². The second-order valence-corrected chi connectivity index (χ2v) is 6.19. The zero-order valence-corrected chi connectivity index (χ0v) is 12.3. The Balaban J connectivity index is 2.29. The van der Waals surface area contributed by atoms with Crippen LogP contribution in [0.2, 0.25) is 0 Å². The lowest BCUT2D eigenvalue weighted by molar-refractivity contribution is 0.0137. The summed E-state index contributed by atoms with van der Waals surface area (Å²) in [4.78, 5) is 0. The molecule has 1 aliphatic rings. The lowest BCUT2D eigenvalue weighted by atomic mass is 9.48. The first-order chi connectivity index (χ1) is 8.61. The quantitative estimate of drug-likeness (QED) is 0.825. The van der Waals surface area contributed by atoms with Gasteiger partial charge >= 0.3 is 0 Å². The van der Waals surface area contributed by atoms with E-state index in [2.05, 4.69) is 57.4 Å². The first-order valence-electron chi connectivity index (χ1n) is 7.32. The van der Waals surface area contributed by atoms with Crippen LogP contribution >= 0.6 is 0 Å². The van der Waals surface area contributed by atoms with E-state index in [4.69, 9.17) is 0 Å².